The minimum Gasteiger partial charge on any atom is -0.368 e. The molecule has 0 aliphatic rings. The van der Waals surface area contributed by atoms with Crippen molar-refractivity contribution in [2.45, 2.75) is 26.3 Å². The van der Waals surface area contributed by atoms with Gasteiger partial charge in [-0.25, -0.2) is 0 Å². The van der Waals surface area contributed by atoms with Crippen molar-refractivity contribution in [2.24, 2.45) is 0 Å². The lowest BCUT2D eigenvalue weighted by Gasteiger charge is -2.09. The zero-order valence-corrected chi connectivity index (χ0v) is 8.49. The predicted octanol–water partition coefficient (Wildman–Crippen LogP) is 1.00. The smallest absolute Gasteiger partial charge is 0.228 e. The molecule has 0 radical (unpaired) electrons. The monoisotopic (exact) mass is 193 g/mol. The molecule has 0 spiro atoms. The third kappa shape index (κ3) is 2.69. The summed E-state index contributed by atoms with van der Waals surface area (Å²) < 4.78 is 0. The second kappa shape index (κ2) is 4.55. The Morgan fingerprint density at radius 2 is 2.21 bits per heavy atom. The second-order valence-corrected chi connectivity index (χ2v) is 2.96. The van der Waals surface area contributed by atoms with Gasteiger partial charge in [-0.1, -0.05) is 13.0 Å². The fourth-order valence-corrected chi connectivity index (χ4v) is 0.923. The fourth-order valence-electron chi connectivity index (χ4n) is 0.923. The summed E-state index contributed by atoms with van der Waals surface area (Å²) in [5.41, 5.74) is 5.52. The largest absolute Gasteiger partial charge is 0.368 e. The van der Waals surface area contributed by atoms with Gasteiger partial charge in [0, 0.05) is 12.5 Å². The predicted molar refractivity (Wildman–Crippen MR) is 56.9 cm³/mol. The molecule has 0 bridgehead atoms. The van der Waals surface area contributed by atoms with Gasteiger partial charge in [0.25, 0.3) is 0 Å². The maximum atomic E-state index is 5.52. The number of nitrogens with zero attached hydrogens (tertiary/aromatic N) is 3. The minimum atomic E-state index is 0.113. The average Bonchev–Trinajstić information content (AvgIpc) is 2.16. The lowest BCUT2D eigenvalue weighted by atomic mass is 10.3. The zero-order valence-electron chi connectivity index (χ0n) is 8.49. The van der Waals surface area contributed by atoms with Crippen LogP contribution < -0.4 is 11.1 Å². The van der Waals surface area contributed by atoms with Gasteiger partial charge in [-0.15, -0.1) is 6.58 Å². The Labute approximate surface area is 83.5 Å². The van der Waals surface area contributed by atoms with Crippen LogP contribution in [-0.4, -0.2) is 21.0 Å². The Hall–Kier alpha value is -1.65. The topological polar surface area (TPSA) is 76.7 Å². The molecule has 0 aromatic carbocycles. The van der Waals surface area contributed by atoms with Crippen molar-refractivity contribution >= 4 is 11.9 Å². The molecule has 1 rings (SSSR count). The van der Waals surface area contributed by atoms with Gasteiger partial charge in [0.1, 0.15) is 5.82 Å². The van der Waals surface area contributed by atoms with Crippen LogP contribution in [-0.2, 0) is 6.42 Å². The van der Waals surface area contributed by atoms with Crippen molar-refractivity contribution < 1.29 is 0 Å². The fraction of sp³-hybridized carbons (Fsp3) is 0.444. The van der Waals surface area contributed by atoms with E-state index in [1.165, 1.54) is 0 Å². The Balaban J connectivity index is 2.86. The van der Waals surface area contributed by atoms with E-state index in [0.29, 0.717) is 11.8 Å². The van der Waals surface area contributed by atoms with Crippen molar-refractivity contribution in [3.63, 3.8) is 0 Å². The van der Waals surface area contributed by atoms with Gasteiger partial charge in [0.05, 0.1) is 0 Å². The molecule has 0 saturated carbocycles. The highest BCUT2D eigenvalue weighted by Crippen LogP contribution is 2.04. The molecular weight excluding hydrogens is 178 g/mol. The molecular formula is C9H15N5. The number of hydrogen-bond donors (Lipinski definition) is 2. The molecule has 5 nitrogen and oxygen atoms in total. The Kier molecular flexibility index (Phi) is 3.39. The highest BCUT2D eigenvalue weighted by atomic mass is 15.2. The summed E-state index contributed by atoms with van der Waals surface area (Å²) in [6, 6.07) is 0.113. The summed E-state index contributed by atoms with van der Waals surface area (Å²) >= 11 is 0. The molecule has 0 aliphatic carbocycles. The molecule has 1 atom stereocenters. The van der Waals surface area contributed by atoms with E-state index < -0.39 is 0 Å². The van der Waals surface area contributed by atoms with Crippen molar-refractivity contribution in [3.05, 3.63) is 18.5 Å². The van der Waals surface area contributed by atoms with Gasteiger partial charge < -0.3 is 11.1 Å². The summed E-state index contributed by atoms with van der Waals surface area (Å²) in [7, 11) is 0. The second-order valence-electron chi connectivity index (χ2n) is 2.96. The molecule has 1 aromatic rings. The van der Waals surface area contributed by atoms with Gasteiger partial charge in [0.15, 0.2) is 0 Å². The maximum Gasteiger partial charge on any atom is 0.228 e. The molecule has 3 N–H and O–H groups in total. The molecule has 1 unspecified atom stereocenters. The minimum absolute atomic E-state index is 0.113. The van der Waals surface area contributed by atoms with Crippen molar-refractivity contribution in [3.8, 4) is 0 Å². The van der Waals surface area contributed by atoms with Crippen LogP contribution in [0.4, 0.5) is 11.9 Å². The van der Waals surface area contributed by atoms with Gasteiger partial charge in [-0.3, -0.25) is 0 Å². The summed E-state index contributed by atoms with van der Waals surface area (Å²) in [5.74, 6) is 1.44. The number of nitrogens with one attached hydrogen (secondary N) is 1. The Morgan fingerprint density at radius 3 is 2.79 bits per heavy atom. The van der Waals surface area contributed by atoms with Crippen LogP contribution in [0.1, 0.15) is 19.7 Å². The van der Waals surface area contributed by atoms with Gasteiger partial charge in [-0.2, -0.15) is 15.0 Å². The van der Waals surface area contributed by atoms with Crippen LogP contribution >= 0.6 is 0 Å². The van der Waals surface area contributed by atoms with E-state index in [4.69, 9.17) is 5.73 Å². The van der Waals surface area contributed by atoms with E-state index >= 15 is 0 Å². The van der Waals surface area contributed by atoms with Crippen molar-refractivity contribution in [2.75, 3.05) is 11.1 Å². The van der Waals surface area contributed by atoms with E-state index in [1.54, 1.807) is 6.08 Å². The summed E-state index contributed by atoms with van der Waals surface area (Å²) in [6.07, 6.45) is 2.51. The summed E-state index contributed by atoms with van der Waals surface area (Å²) in [5, 5.41) is 3.05. The SMILES string of the molecule is C=CC(C)Nc1nc(N)nc(CC)n1. The third-order valence-electron chi connectivity index (χ3n) is 1.73. The first kappa shape index (κ1) is 10.4. The van der Waals surface area contributed by atoms with E-state index in [2.05, 4.69) is 26.8 Å². The number of aryl methyl sites for hydroxylation is 1. The average molecular weight is 193 g/mol. The van der Waals surface area contributed by atoms with Crippen LogP contribution in [0.3, 0.4) is 0 Å². The molecule has 0 aliphatic heterocycles. The van der Waals surface area contributed by atoms with Gasteiger partial charge in [0.2, 0.25) is 11.9 Å². The molecule has 5 heteroatoms. The van der Waals surface area contributed by atoms with Crippen LogP contribution in [0.15, 0.2) is 12.7 Å². The summed E-state index contributed by atoms with van der Waals surface area (Å²) in [4.78, 5) is 12.1. The van der Waals surface area contributed by atoms with Gasteiger partial charge in [-0.05, 0) is 6.92 Å². The highest BCUT2D eigenvalue weighted by molar-refractivity contribution is 5.32. The van der Waals surface area contributed by atoms with Crippen LogP contribution in [0.2, 0.25) is 0 Å². The molecule has 0 saturated heterocycles. The first-order chi connectivity index (χ1) is 6.65. The third-order valence-corrected chi connectivity index (χ3v) is 1.73. The molecule has 14 heavy (non-hydrogen) atoms. The standard InChI is InChI=1S/C9H15N5/c1-4-6(3)11-9-13-7(5-2)12-8(10)14-9/h4,6H,1,5H2,2-3H3,(H3,10,11,12,13,14). The number of hydrogen-bond acceptors (Lipinski definition) is 5. The van der Waals surface area contributed by atoms with Crippen LogP contribution in [0.5, 0.6) is 0 Å². The zero-order chi connectivity index (χ0) is 10.6. The molecule has 1 heterocycles. The quantitative estimate of drug-likeness (QED) is 0.698. The number of aromatic nitrogens is 3. The molecule has 0 fully saturated rings. The number of rotatable bonds is 4. The first-order valence-electron chi connectivity index (χ1n) is 4.55. The Morgan fingerprint density at radius 1 is 1.50 bits per heavy atom. The maximum absolute atomic E-state index is 5.52. The Bertz CT molecular complexity index is 323. The number of nitrogens with two attached hydrogens (primary N) is 1. The lowest BCUT2D eigenvalue weighted by molar-refractivity contribution is 0.881. The van der Waals surface area contributed by atoms with Crippen LogP contribution in [0.25, 0.3) is 0 Å². The van der Waals surface area contributed by atoms with E-state index in [-0.39, 0.29) is 12.0 Å². The van der Waals surface area contributed by atoms with Crippen LogP contribution in [0, 0.1) is 0 Å². The molecule has 0 amide bonds. The van der Waals surface area contributed by atoms with Gasteiger partial charge >= 0.3 is 0 Å². The highest BCUT2D eigenvalue weighted by Gasteiger charge is 2.03. The van der Waals surface area contributed by atoms with E-state index in [0.717, 1.165) is 6.42 Å². The summed E-state index contributed by atoms with van der Waals surface area (Å²) in [6.45, 7) is 7.58. The first-order valence-corrected chi connectivity index (χ1v) is 4.55. The lowest BCUT2D eigenvalue weighted by Crippen LogP contribution is -2.16. The van der Waals surface area contributed by atoms with Crippen molar-refractivity contribution in [1.82, 2.24) is 15.0 Å². The normalized spacial score (nSPS) is 12.1. The van der Waals surface area contributed by atoms with E-state index in [9.17, 15) is 0 Å². The number of anilines is 2. The van der Waals surface area contributed by atoms with Crippen molar-refractivity contribution in [1.29, 1.82) is 0 Å². The molecule has 76 valence electrons. The number of nitrogen functional groups attached to an aromatic ring is 1. The molecule has 1 aromatic heterocycles. The van der Waals surface area contributed by atoms with E-state index in [1.807, 2.05) is 13.8 Å².